The van der Waals surface area contributed by atoms with Crippen LogP contribution in [0.15, 0.2) is 42.5 Å². The summed E-state index contributed by atoms with van der Waals surface area (Å²) in [5.74, 6) is 1.31. The van der Waals surface area contributed by atoms with Crippen molar-refractivity contribution in [1.82, 2.24) is 9.55 Å². The Morgan fingerprint density at radius 1 is 1.19 bits per heavy atom. The van der Waals surface area contributed by atoms with Gasteiger partial charge in [-0.1, -0.05) is 23.7 Å². The second kappa shape index (κ2) is 5.77. The molecule has 3 rings (SSSR count). The molecular formula is C16H11Cl2N3. The molecule has 5 heteroatoms. The van der Waals surface area contributed by atoms with Crippen LogP contribution in [0.4, 0.5) is 0 Å². The Morgan fingerprint density at radius 2 is 2.00 bits per heavy atom. The molecule has 3 aromatic rings. The van der Waals surface area contributed by atoms with Crippen LogP contribution < -0.4 is 0 Å². The van der Waals surface area contributed by atoms with Gasteiger partial charge >= 0.3 is 0 Å². The van der Waals surface area contributed by atoms with Gasteiger partial charge < -0.3 is 0 Å². The molecule has 0 aliphatic rings. The average Bonchev–Trinajstić information content (AvgIpc) is 2.85. The highest BCUT2D eigenvalue weighted by Gasteiger charge is 2.14. The van der Waals surface area contributed by atoms with E-state index in [4.69, 9.17) is 28.5 Å². The number of fused-ring (bicyclic) bond motifs is 1. The van der Waals surface area contributed by atoms with Crippen molar-refractivity contribution in [2.45, 2.75) is 6.42 Å². The minimum Gasteiger partial charge on any atom is -0.295 e. The molecule has 0 radical (unpaired) electrons. The van der Waals surface area contributed by atoms with Gasteiger partial charge in [0.2, 0.25) is 0 Å². The van der Waals surface area contributed by atoms with Crippen LogP contribution in [-0.2, 0) is 6.42 Å². The predicted octanol–water partition coefficient (Wildman–Crippen LogP) is 4.33. The summed E-state index contributed by atoms with van der Waals surface area (Å²) in [6, 6.07) is 15.2. The summed E-state index contributed by atoms with van der Waals surface area (Å²) in [7, 11) is 0. The van der Waals surface area contributed by atoms with Crippen LogP contribution in [0, 0.1) is 11.3 Å². The summed E-state index contributed by atoms with van der Waals surface area (Å²) < 4.78 is 1.97. The third-order valence-corrected chi connectivity index (χ3v) is 3.77. The Hall–Kier alpha value is -2.02. The summed E-state index contributed by atoms with van der Waals surface area (Å²) in [6.45, 7) is 0. The molecule has 0 atom stereocenters. The largest absolute Gasteiger partial charge is 0.295 e. The smallest absolute Gasteiger partial charge is 0.115 e. The van der Waals surface area contributed by atoms with Crippen molar-refractivity contribution in [3.8, 4) is 11.8 Å². The van der Waals surface area contributed by atoms with Crippen LogP contribution >= 0.6 is 23.2 Å². The molecule has 0 amide bonds. The first-order valence-corrected chi connectivity index (χ1v) is 7.38. The van der Waals surface area contributed by atoms with E-state index in [9.17, 15) is 0 Å². The lowest BCUT2D eigenvalue weighted by Crippen LogP contribution is -2.02. The lowest BCUT2D eigenvalue weighted by Gasteiger charge is -2.10. The lowest BCUT2D eigenvalue weighted by molar-refractivity contribution is 0.912. The zero-order chi connectivity index (χ0) is 14.8. The first-order chi connectivity index (χ1) is 10.2. The van der Waals surface area contributed by atoms with E-state index < -0.39 is 0 Å². The number of rotatable bonds is 3. The van der Waals surface area contributed by atoms with Crippen molar-refractivity contribution < 1.29 is 0 Å². The van der Waals surface area contributed by atoms with Crippen molar-refractivity contribution in [3.05, 3.63) is 58.9 Å². The van der Waals surface area contributed by atoms with Gasteiger partial charge in [0.25, 0.3) is 0 Å². The molecule has 0 aliphatic carbocycles. The molecule has 21 heavy (non-hydrogen) atoms. The zero-order valence-electron chi connectivity index (χ0n) is 11.1. The third kappa shape index (κ3) is 2.49. The van der Waals surface area contributed by atoms with E-state index in [0.717, 1.165) is 22.5 Å². The van der Waals surface area contributed by atoms with Gasteiger partial charge in [0.15, 0.2) is 0 Å². The van der Waals surface area contributed by atoms with Gasteiger partial charge in [0.05, 0.1) is 33.4 Å². The summed E-state index contributed by atoms with van der Waals surface area (Å²) in [6.07, 6.45) is 0.628. The molecule has 0 aliphatic heterocycles. The molecule has 104 valence electrons. The van der Waals surface area contributed by atoms with Gasteiger partial charge in [-0.25, -0.2) is 4.98 Å². The summed E-state index contributed by atoms with van der Waals surface area (Å²) in [4.78, 5) is 4.61. The monoisotopic (exact) mass is 315 g/mol. The molecule has 1 heterocycles. The van der Waals surface area contributed by atoms with Crippen molar-refractivity contribution in [3.63, 3.8) is 0 Å². The fourth-order valence-electron chi connectivity index (χ4n) is 2.35. The maximum atomic E-state index is 9.10. The molecule has 2 aromatic carbocycles. The zero-order valence-corrected chi connectivity index (χ0v) is 12.6. The maximum Gasteiger partial charge on any atom is 0.115 e. The van der Waals surface area contributed by atoms with Crippen LogP contribution in [0.25, 0.3) is 16.7 Å². The number of nitrogens with zero attached hydrogens (tertiary/aromatic N) is 3. The number of hydrogen-bond donors (Lipinski definition) is 0. The summed E-state index contributed by atoms with van der Waals surface area (Å²) >= 11 is 12.2. The number of aromatic nitrogens is 2. The van der Waals surface area contributed by atoms with E-state index in [1.165, 1.54) is 0 Å². The lowest BCUT2D eigenvalue weighted by atomic mass is 10.2. The molecule has 0 fully saturated rings. The van der Waals surface area contributed by atoms with Gasteiger partial charge in [-0.15, -0.1) is 11.6 Å². The van der Waals surface area contributed by atoms with E-state index in [2.05, 4.69) is 11.1 Å². The topological polar surface area (TPSA) is 41.6 Å². The average molecular weight is 316 g/mol. The summed E-state index contributed by atoms with van der Waals surface area (Å²) in [5, 5.41) is 9.73. The molecule has 0 saturated carbocycles. The quantitative estimate of drug-likeness (QED) is 0.675. The van der Waals surface area contributed by atoms with Crippen LogP contribution in [0.2, 0.25) is 5.02 Å². The predicted molar refractivity (Wildman–Crippen MR) is 85.2 cm³/mol. The number of nitriles is 1. The van der Waals surface area contributed by atoms with E-state index >= 15 is 0 Å². The van der Waals surface area contributed by atoms with E-state index in [-0.39, 0.29) is 0 Å². The highest BCUT2D eigenvalue weighted by atomic mass is 35.5. The molecular weight excluding hydrogens is 305 g/mol. The van der Waals surface area contributed by atoms with Gasteiger partial charge in [-0.3, -0.25) is 4.57 Å². The normalized spacial score (nSPS) is 10.7. The number of alkyl halides is 1. The van der Waals surface area contributed by atoms with Crippen molar-refractivity contribution >= 4 is 34.2 Å². The number of para-hydroxylation sites is 1. The van der Waals surface area contributed by atoms with Crippen LogP contribution in [-0.4, -0.2) is 15.4 Å². The highest BCUT2D eigenvalue weighted by Crippen LogP contribution is 2.27. The Labute approximate surface area is 132 Å². The highest BCUT2D eigenvalue weighted by molar-refractivity contribution is 6.32. The van der Waals surface area contributed by atoms with Crippen LogP contribution in [0.1, 0.15) is 11.4 Å². The Kier molecular flexibility index (Phi) is 3.83. The standard InChI is InChI=1S/C16H11Cl2N3/c17-8-7-16-20-13-6-5-11(10-19)9-15(13)21(16)14-4-2-1-3-12(14)18/h1-6,9H,7-8H2. The molecule has 0 N–H and O–H groups in total. The molecule has 0 saturated heterocycles. The maximum absolute atomic E-state index is 9.10. The van der Waals surface area contributed by atoms with Crippen molar-refractivity contribution in [1.29, 1.82) is 5.26 Å². The van der Waals surface area contributed by atoms with Crippen molar-refractivity contribution in [2.75, 3.05) is 5.88 Å². The Morgan fingerprint density at radius 3 is 2.71 bits per heavy atom. The molecule has 0 unspecified atom stereocenters. The first-order valence-electron chi connectivity index (χ1n) is 6.47. The fraction of sp³-hybridized carbons (Fsp3) is 0.125. The number of benzene rings is 2. The third-order valence-electron chi connectivity index (χ3n) is 3.26. The number of imidazole rings is 1. The molecule has 0 spiro atoms. The Balaban J connectivity index is 2.35. The minimum atomic E-state index is 0.471. The van der Waals surface area contributed by atoms with Crippen LogP contribution in [0.5, 0.6) is 0 Å². The second-order valence-electron chi connectivity index (χ2n) is 4.57. The van der Waals surface area contributed by atoms with Gasteiger partial charge in [-0.05, 0) is 30.3 Å². The fourth-order valence-corrected chi connectivity index (χ4v) is 2.74. The van der Waals surface area contributed by atoms with Gasteiger partial charge in [-0.2, -0.15) is 5.26 Å². The molecule has 3 nitrogen and oxygen atoms in total. The number of halogens is 2. The number of aryl methyl sites for hydroxylation is 1. The van der Waals surface area contributed by atoms with E-state index in [1.54, 1.807) is 6.07 Å². The van der Waals surface area contributed by atoms with Gasteiger partial charge in [0, 0.05) is 12.3 Å². The van der Waals surface area contributed by atoms with E-state index in [1.807, 2.05) is 41.0 Å². The minimum absolute atomic E-state index is 0.471. The van der Waals surface area contributed by atoms with E-state index in [0.29, 0.717) is 22.9 Å². The van der Waals surface area contributed by atoms with Gasteiger partial charge in [0.1, 0.15) is 5.82 Å². The number of hydrogen-bond acceptors (Lipinski definition) is 2. The Bertz CT molecular complexity index is 846. The summed E-state index contributed by atoms with van der Waals surface area (Å²) in [5.41, 5.74) is 3.13. The van der Waals surface area contributed by atoms with Crippen LogP contribution in [0.3, 0.4) is 0 Å². The molecule has 1 aromatic heterocycles. The van der Waals surface area contributed by atoms with Crippen molar-refractivity contribution in [2.24, 2.45) is 0 Å². The SMILES string of the molecule is N#Cc1ccc2nc(CCCl)n(-c3ccccc3Cl)c2c1. The second-order valence-corrected chi connectivity index (χ2v) is 5.35. The first kappa shape index (κ1) is 13.9. The molecule has 0 bridgehead atoms.